The standard InChI is InChI=1S/C75H50N2/c1-6-22-51(23-7-1)52-38-41-58(42-39-52)76(59-43-45-65-68(50-59)74(54-26-10-3-11-27-54)64-35-17-16-34-63(64)73(65)53-24-8-2-9-25-53)60-44-47-72-67(49-60)66-48-56(40-46-71(66)77(72)57-30-14-5-15-31-57)75(55-28-12-4-13-29-55)69-36-20-18-32-61(69)62-33-19-21-37-70(62)75/h1-50H. The van der Waals surface area contributed by atoms with Crippen LogP contribution in [0.5, 0.6) is 0 Å². The second-order valence-corrected chi connectivity index (χ2v) is 20.3. The van der Waals surface area contributed by atoms with Gasteiger partial charge in [0.05, 0.1) is 16.4 Å². The van der Waals surface area contributed by atoms with Crippen LogP contribution in [0.1, 0.15) is 22.3 Å². The highest BCUT2D eigenvalue weighted by Crippen LogP contribution is 2.57. The SMILES string of the molecule is c1ccc(-c2ccc(N(c3ccc4c(-c5ccccc5)c5ccccc5c(-c5ccccc5)c4c3)c3ccc4c(c3)c3cc(C5(c6ccccc6)c6ccccc6-c6ccccc65)ccc3n4-c3ccccc3)cc2)cc1. The topological polar surface area (TPSA) is 8.17 Å². The van der Waals surface area contributed by atoms with Crippen LogP contribution in [0, 0.1) is 0 Å². The number of fused-ring (bicyclic) bond motifs is 8. The monoisotopic (exact) mass is 978 g/mol. The van der Waals surface area contributed by atoms with Crippen molar-refractivity contribution in [1.82, 2.24) is 4.57 Å². The molecule has 1 aromatic heterocycles. The molecule has 1 heterocycles. The molecule has 2 nitrogen and oxygen atoms in total. The molecule has 77 heavy (non-hydrogen) atoms. The molecule has 14 aromatic rings. The van der Waals surface area contributed by atoms with Crippen molar-refractivity contribution < 1.29 is 0 Å². The van der Waals surface area contributed by atoms with E-state index in [1.165, 1.54) is 99.1 Å². The normalized spacial score (nSPS) is 12.5. The van der Waals surface area contributed by atoms with Gasteiger partial charge < -0.3 is 9.47 Å². The van der Waals surface area contributed by atoms with Crippen LogP contribution in [-0.4, -0.2) is 4.57 Å². The van der Waals surface area contributed by atoms with E-state index in [-0.39, 0.29) is 0 Å². The first kappa shape index (κ1) is 44.5. The van der Waals surface area contributed by atoms with Gasteiger partial charge in [-0.15, -0.1) is 0 Å². The number of hydrogen-bond donors (Lipinski definition) is 0. The average molecular weight is 979 g/mol. The van der Waals surface area contributed by atoms with Crippen molar-refractivity contribution >= 4 is 60.4 Å². The number of para-hydroxylation sites is 1. The molecular weight excluding hydrogens is 929 g/mol. The Bertz CT molecular complexity index is 4480. The minimum absolute atomic E-state index is 0.543. The lowest BCUT2D eigenvalue weighted by Gasteiger charge is -2.34. The van der Waals surface area contributed by atoms with Crippen molar-refractivity contribution in [2.24, 2.45) is 0 Å². The molecule has 360 valence electrons. The summed E-state index contributed by atoms with van der Waals surface area (Å²) in [6.45, 7) is 0. The highest BCUT2D eigenvalue weighted by atomic mass is 15.1. The van der Waals surface area contributed by atoms with Crippen molar-refractivity contribution in [1.29, 1.82) is 0 Å². The second kappa shape index (κ2) is 18.1. The summed E-state index contributed by atoms with van der Waals surface area (Å²) in [5.74, 6) is 0. The third kappa shape index (κ3) is 7.03. The third-order valence-corrected chi connectivity index (χ3v) is 16.2. The van der Waals surface area contributed by atoms with E-state index in [9.17, 15) is 0 Å². The minimum atomic E-state index is -0.543. The van der Waals surface area contributed by atoms with E-state index in [0.29, 0.717) is 0 Å². The summed E-state index contributed by atoms with van der Waals surface area (Å²) >= 11 is 0. The number of hydrogen-bond acceptors (Lipinski definition) is 1. The maximum Gasteiger partial charge on any atom is 0.0713 e. The van der Waals surface area contributed by atoms with E-state index < -0.39 is 5.41 Å². The molecule has 0 saturated carbocycles. The molecule has 0 saturated heterocycles. The Morgan fingerprint density at radius 1 is 0.260 bits per heavy atom. The summed E-state index contributed by atoms with van der Waals surface area (Å²) in [5, 5.41) is 7.26. The highest BCUT2D eigenvalue weighted by Gasteiger charge is 2.46. The van der Waals surface area contributed by atoms with Gasteiger partial charge >= 0.3 is 0 Å². The number of aromatic nitrogens is 1. The van der Waals surface area contributed by atoms with Crippen LogP contribution >= 0.6 is 0 Å². The Morgan fingerprint density at radius 2 is 0.675 bits per heavy atom. The van der Waals surface area contributed by atoms with Crippen molar-refractivity contribution in [2.45, 2.75) is 5.41 Å². The number of rotatable bonds is 9. The second-order valence-electron chi connectivity index (χ2n) is 20.3. The van der Waals surface area contributed by atoms with Crippen molar-refractivity contribution in [3.63, 3.8) is 0 Å². The fourth-order valence-corrected chi connectivity index (χ4v) is 13.0. The molecule has 0 fully saturated rings. The van der Waals surface area contributed by atoms with Crippen LogP contribution in [0.3, 0.4) is 0 Å². The van der Waals surface area contributed by atoms with Crippen molar-refractivity contribution in [3.8, 4) is 50.2 Å². The lowest BCUT2D eigenvalue weighted by Crippen LogP contribution is -2.28. The van der Waals surface area contributed by atoms with Crippen LogP contribution in [0.2, 0.25) is 0 Å². The molecule has 1 aliphatic rings. The van der Waals surface area contributed by atoms with Crippen molar-refractivity contribution in [2.75, 3.05) is 4.90 Å². The zero-order valence-corrected chi connectivity index (χ0v) is 42.3. The summed E-state index contributed by atoms with van der Waals surface area (Å²) in [4.78, 5) is 2.46. The van der Waals surface area contributed by atoms with E-state index in [1.807, 2.05) is 0 Å². The highest BCUT2D eigenvalue weighted by molar-refractivity contribution is 6.22. The van der Waals surface area contributed by atoms with E-state index in [4.69, 9.17) is 0 Å². The molecule has 0 spiro atoms. The lowest BCUT2D eigenvalue weighted by atomic mass is 9.67. The molecule has 0 unspecified atom stereocenters. The number of anilines is 3. The molecule has 13 aromatic carbocycles. The van der Waals surface area contributed by atoms with E-state index in [0.717, 1.165) is 33.8 Å². The van der Waals surface area contributed by atoms with Gasteiger partial charge in [0.15, 0.2) is 0 Å². The van der Waals surface area contributed by atoms with Crippen LogP contribution in [0.4, 0.5) is 17.1 Å². The van der Waals surface area contributed by atoms with Gasteiger partial charge in [-0.3, -0.25) is 0 Å². The Hall–Kier alpha value is -10.0. The van der Waals surface area contributed by atoms with Crippen LogP contribution in [-0.2, 0) is 5.41 Å². The summed E-state index contributed by atoms with van der Waals surface area (Å²) in [5.41, 5.74) is 21.0. The first-order chi connectivity index (χ1) is 38.2. The van der Waals surface area contributed by atoms with Crippen molar-refractivity contribution in [3.05, 3.63) is 326 Å². The first-order valence-electron chi connectivity index (χ1n) is 26.7. The van der Waals surface area contributed by atoms with Crippen LogP contribution in [0.25, 0.3) is 93.5 Å². The Kier molecular flexibility index (Phi) is 10.5. The minimum Gasteiger partial charge on any atom is -0.310 e. The maximum atomic E-state index is 2.50. The summed E-state index contributed by atoms with van der Waals surface area (Å²) in [7, 11) is 0. The molecule has 0 amide bonds. The molecule has 15 rings (SSSR count). The predicted molar refractivity (Wildman–Crippen MR) is 324 cm³/mol. The largest absolute Gasteiger partial charge is 0.310 e. The van der Waals surface area contributed by atoms with Gasteiger partial charge in [-0.25, -0.2) is 0 Å². The molecule has 0 N–H and O–H groups in total. The van der Waals surface area contributed by atoms with Gasteiger partial charge in [-0.1, -0.05) is 237 Å². The Labute approximate surface area is 448 Å². The van der Waals surface area contributed by atoms with Gasteiger partial charge in [0, 0.05) is 33.5 Å². The Morgan fingerprint density at radius 3 is 1.27 bits per heavy atom. The lowest BCUT2D eigenvalue weighted by molar-refractivity contribution is 0.770. The van der Waals surface area contributed by atoms with Gasteiger partial charge in [0.25, 0.3) is 0 Å². The van der Waals surface area contributed by atoms with Gasteiger partial charge in [0.2, 0.25) is 0 Å². The smallest absolute Gasteiger partial charge is 0.0713 e. The average Bonchev–Trinajstić information content (AvgIpc) is 4.23. The van der Waals surface area contributed by atoms with Crippen LogP contribution < -0.4 is 4.90 Å². The summed E-state index contributed by atoms with van der Waals surface area (Å²) in [6, 6.07) is 112. The fraction of sp³-hybridized carbons (Fsp3) is 0.0133. The summed E-state index contributed by atoms with van der Waals surface area (Å²) < 4.78 is 2.45. The molecule has 0 atom stereocenters. The zero-order valence-electron chi connectivity index (χ0n) is 42.3. The first-order valence-corrected chi connectivity index (χ1v) is 26.7. The fourth-order valence-electron chi connectivity index (χ4n) is 13.0. The van der Waals surface area contributed by atoms with Crippen LogP contribution in [0.15, 0.2) is 303 Å². The van der Waals surface area contributed by atoms with Gasteiger partial charge in [0.1, 0.15) is 0 Å². The zero-order chi connectivity index (χ0) is 50.9. The van der Waals surface area contributed by atoms with Gasteiger partial charge in [-0.05, 0) is 155 Å². The quantitative estimate of drug-likeness (QED) is 0.131. The Balaban J connectivity index is 1.01. The molecule has 2 heteroatoms. The molecule has 0 aliphatic heterocycles. The number of benzene rings is 13. The van der Waals surface area contributed by atoms with E-state index >= 15 is 0 Å². The van der Waals surface area contributed by atoms with E-state index in [1.54, 1.807) is 0 Å². The molecule has 0 bridgehead atoms. The van der Waals surface area contributed by atoms with Gasteiger partial charge in [-0.2, -0.15) is 0 Å². The third-order valence-electron chi connectivity index (χ3n) is 16.2. The molecule has 1 aliphatic carbocycles. The maximum absolute atomic E-state index is 2.50. The summed E-state index contributed by atoms with van der Waals surface area (Å²) in [6.07, 6.45) is 0. The number of nitrogens with zero attached hydrogens (tertiary/aromatic N) is 2. The van der Waals surface area contributed by atoms with E-state index in [2.05, 4.69) is 313 Å². The molecular formula is C75H50N2. The predicted octanol–water partition coefficient (Wildman–Crippen LogP) is 19.9. The molecule has 0 radical (unpaired) electrons.